The molecule has 15 heteroatoms. The molecular weight excluding hydrogens is 621 g/mol. The molecule has 0 spiro atoms. The number of rotatable bonds is 4. The topological polar surface area (TPSA) is 159 Å². The van der Waals surface area contributed by atoms with Gasteiger partial charge in [-0.3, -0.25) is 29.0 Å². The minimum Gasteiger partial charge on any atom is -0.492 e. The molecular formula is C32H39F3N6O6. The first-order chi connectivity index (χ1) is 22.2. The zero-order chi connectivity index (χ0) is 34.3. The van der Waals surface area contributed by atoms with E-state index in [4.69, 9.17) is 4.74 Å². The van der Waals surface area contributed by atoms with Gasteiger partial charge >= 0.3 is 6.18 Å². The number of aromatic nitrogens is 1. The van der Waals surface area contributed by atoms with Crippen molar-refractivity contribution in [3.05, 3.63) is 59.4 Å². The Balaban J connectivity index is 1.59. The predicted molar refractivity (Wildman–Crippen MR) is 163 cm³/mol. The summed E-state index contributed by atoms with van der Waals surface area (Å²) in [5.74, 6) is -2.44. The second-order valence-electron chi connectivity index (χ2n) is 12.1. The fraction of sp³-hybridized carbons (Fsp3) is 0.500. The summed E-state index contributed by atoms with van der Waals surface area (Å²) in [6.07, 6.45) is -2.57. The van der Waals surface area contributed by atoms with E-state index in [9.17, 15) is 37.1 Å². The normalized spacial score (nSPS) is 23.3. The van der Waals surface area contributed by atoms with Crippen LogP contribution < -0.4 is 26.0 Å². The molecule has 47 heavy (non-hydrogen) atoms. The molecule has 4 N–H and O–H groups in total. The molecule has 0 saturated carbocycles. The molecule has 3 aliphatic rings. The van der Waals surface area contributed by atoms with Crippen molar-refractivity contribution in [1.29, 1.82) is 0 Å². The number of amides is 5. The SMILES string of the molecule is CC(C)C[C@@H]1NC(=O)[C@@H](C)NC(=O)[C@@H](NC(=O)c2ccc(C(F)(F)F)nc2)Cc2ccc(cc2)OCCNC(=O)[C@H]2CCCN2C1=O. The van der Waals surface area contributed by atoms with Crippen LogP contribution in [-0.4, -0.2) is 83.3 Å². The maximum absolute atomic E-state index is 13.7. The molecule has 1 aromatic heterocycles. The third-order valence-electron chi connectivity index (χ3n) is 7.88. The first-order valence-electron chi connectivity index (χ1n) is 15.5. The Morgan fingerprint density at radius 2 is 1.77 bits per heavy atom. The highest BCUT2D eigenvalue weighted by atomic mass is 19.4. The van der Waals surface area contributed by atoms with Crippen LogP contribution in [0, 0.1) is 5.92 Å². The van der Waals surface area contributed by atoms with Gasteiger partial charge in [-0.25, -0.2) is 0 Å². The van der Waals surface area contributed by atoms with E-state index in [2.05, 4.69) is 26.3 Å². The van der Waals surface area contributed by atoms with Crippen LogP contribution in [0.4, 0.5) is 13.2 Å². The highest BCUT2D eigenvalue weighted by Crippen LogP contribution is 2.27. The van der Waals surface area contributed by atoms with Gasteiger partial charge in [0.25, 0.3) is 5.91 Å². The third kappa shape index (κ3) is 9.42. The van der Waals surface area contributed by atoms with Crippen LogP contribution in [0.3, 0.4) is 0 Å². The Kier molecular flexibility index (Phi) is 11.4. The molecule has 2 bridgehead atoms. The Labute approximate surface area is 270 Å². The Morgan fingerprint density at radius 3 is 2.40 bits per heavy atom. The predicted octanol–water partition coefficient (Wildman–Crippen LogP) is 1.98. The van der Waals surface area contributed by atoms with Gasteiger partial charge in [0.15, 0.2) is 0 Å². The Hall–Kier alpha value is -4.69. The van der Waals surface area contributed by atoms with Crippen LogP contribution >= 0.6 is 0 Å². The number of pyridine rings is 1. The minimum atomic E-state index is -4.69. The van der Waals surface area contributed by atoms with E-state index in [0.717, 1.165) is 12.3 Å². The van der Waals surface area contributed by atoms with Crippen molar-refractivity contribution in [1.82, 2.24) is 31.2 Å². The number of nitrogens with one attached hydrogen (secondary N) is 4. The van der Waals surface area contributed by atoms with Crippen LogP contribution in [0.15, 0.2) is 42.6 Å². The second kappa shape index (κ2) is 15.3. The molecule has 5 rings (SSSR count). The molecule has 0 aliphatic carbocycles. The molecule has 3 aliphatic heterocycles. The van der Waals surface area contributed by atoms with Crippen molar-refractivity contribution < 1.29 is 41.9 Å². The first-order valence-corrected chi connectivity index (χ1v) is 15.5. The van der Waals surface area contributed by atoms with Gasteiger partial charge in [0.2, 0.25) is 23.6 Å². The number of carbonyl (C=O) groups excluding carboxylic acids is 5. The number of halogens is 3. The van der Waals surface area contributed by atoms with Crippen molar-refractivity contribution >= 4 is 29.5 Å². The number of hydrogen-bond acceptors (Lipinski definition) is 7. The molecule has 12 nitrogen and oxygen atoms in total. The van der Waals surface area contributed by atoms with E-state index in [0.29, 0.717) is 43.2 Å². The van der Waals surface area contributed by atoms with E-state index in [1.165, 1.54) is 11.8 Å². The molecule has 254 valence electrons. The van der Waals surface area contributed by atoms with Gasteiger partial charge in [0.05, 0.1) is 12.1 Å². The zero-order valence-corrected chi connectivity index (χ0v) is 26.4. The lowest BCUT2D eigenvalue weighted by Crippen LogP contribution is -2.58. The number of alkyl halides is 3. The van der Waals surface area contributed by atoms with E-state index < -0.39 is 59.7 Å². The summed E-state index contributed by atoms with van der Waals surface area (Å²) < 4.78 is 44.6. The van der Waals surface area contributed by atoms with E-state index in [1.807, 2.05) is 13.8 Å². The van der Waals surface area contributed by atoms with Crippen LogP contribution in [0.2, 0.25) is 0 Å². The number of carbonyl (C=O) groups is 5. The maximum atomic E-state index is 13.7. The number of fused-ring (bicyclic) bond motifs is 14. The van der Waals surface area contributed by atoms with Crippen molar-refractivity contribution in [3.63, 3.8) is 0 Å². The maximum Gasteiger partial charge on any atom is 0.433 e. The average Bonchev–Trinajstić information content (AvgIpc) is 3.52. The monoisotopic (exact) mass is 660 g/mol. The smallest absolute Gasteiger partial charge is 0.433 e. The second-order valence-corrected chi connectivity index (χ2v) is 12.1. The summed E-state index contributed by atoms with van der Waals surface area (Å²) >= 11 is 0. The average molecular weight is 661 g/mol. The van der Waals surface area contributed by atoms with E-state index >= 15 is 0 Å². The molecule has 1 saturated heterocycles. The van der Waals surface area contributed by atoms with Gasteiger partial charge in [-0.2, -0.15) is 13.2 Å². The third-order valence-corrected chi connectivity index (χ3v) is 7.88. The molecule has 1 aromatic carbocycles. The molecule has 1 fully saturated rings. The van der Waals surface area contributed by atoms with Crippen LogP contribution in [-0.2, 0) is 31.8 Å². The molecule has 2 aromatic rings. The quantitative estimate of drug-likeness (QED) is 0.391. The van der Waals surface area contributed by atoms with Crippen LogP contribution in [0.1, 0.15) is 61.6 Å². The highest BCUT2D eigenvalue weighted by Gasteiger charge is 2.38. The Morgan fingerprint density at radius 1 is 1.04 bits per heavy atom. The zero-order valence-electron chi connectivity index (χ0n) is 26.4. The number of hydrogen-bond donors (Lipinski definition) is 4. The van der Waals surface area contributed by atoms with E-state index in [1.54, 1.807) is 24.3 Å². The summed E-state index contributed by atoms with van der Waals surface area (Å²) in [5.41, 5.74) is -0.769. The van der Waals surface area contributed by atoms with Crippen molar-refractivity contribution in [2.45, 2.75) is 76.8 Å². The number of ether oxygens (including phenoxy) is 1. The molecule has 5 amide bonds. The fourth-order valence-electron chi connectivity index (χ4n) is 5.44. The summed E-state index contributed by atoms with van der Waals surface area (Å²) in [6.45, 7) is 5.90. The van der Waals surface area contributed by atoms with Gasteiger partial charge in [-0.05, 0) is 61.9 Å². The standard InChI is InChI=1S/C32H39F3N6O6/c1-18(2)15-24-31(46)41-13-4-5-25(41)30(45)36-12-14-47-22-9-6-20(7-10-22)16-23(29(44)38-19(3)27(42)40-24)39-28(43)21-8-11-26(37-17-21)32(33,34)35/h6-11,17-19,23-25H,4-5,12-16H2,1-3H3,(H,36,45)(H,38,44)(H,39,43)(H,40,42)/t19-,23+,24+,25-/m1/s1. The van der Waals surface area contributed by atoms with Crippen molar-refractivity contribution in [3.8, 4) is 5.75 Å². The summed E-state index contributed by atoms with van der Waals surface area (Å²) in [7, 11) is 0. The summed E-state index contributed by atoms with van der Waals surface area (Å²) in [4.78, 5) is 71.3. The van der Waals surface area contributed by atoms with Gasteiger partial charge in [-0.15, -0.1) is 0 Å². The molecule has 0 unspecified atom stereocenters. The van der Waals surface area contributed by atoms with E-state index in [-0.39, 0.29) is 37.0 Å². The first kappa shape index (κ1) is 35.2. The lowest BCUT2D eigenvalue weighted by atomic mass is 10.0. The lowest BCUT2D eigenvalue weighted by molar-refractivity contribution is -0.142. The van der Waals surface area contributed by atoms with Crippen molar-refractivity contribution in [2.75, 3.05) is 19.7 Å². The van der Waals surface area contributed by atoms with Crippen LogP contribution in [0.25, 0.3) is 0 Å². The summed E-state index contributed by atoms with van der Waals surface area (Å²) in [6, 6.07) is 4.23. The number of nitrogens with zero attached hydrogens (tertiary/aromatic N) is 2. The van der Waals surface area contributed by atoms with Gasteiger partial charge < -0.3 is 30.9 Å². The van der Waals surface area contributed by atoms with Gasteiger partial charge in [0.1, 0.15) is 42.2 Å². The fourth-order valence-corrected chi connectivity index (χ4v) is 5.44. The largest absolute Gasteiger partial charge is 0.492 e. The lowest BCUT2D eigenvalue weighted by Gasteiger charge is -2.30. The van der Waals surface area contributed by atoms with Crippen LogP contribution in [0.5, 0.6) is 5.75 Å². The molecule has 4 atom stereocenters. The van der Waals surface area contributed by atoms with Gasteiger partial charge in [0, 0.05) is 19.2 Å². The Bertz CT molecular complexity index is 1450. The molecule has 4 heterocycles. The van der Waals surface area contributed by atoms with Gasteiger partial charge in [-0.1, -0.05) is 26.0 Å². The summed E-state index contributed by atoms with van der Waals surface area (Å²) in [5, 5.41) is 10.7. The minimum absolute atomic E-state index is 0.0112. The van der Waals surface area contributed by atoms with Crippen molar-refractivity contribution in [2.24, 2.45) is 5.92 Å². The number of benzene rings is 1. The highest BCUT2D eigenvalue weighted by molar-refractivity contribution is 5.99. The molecule has 0 radical (unpaired) electrons.